The topological polar surface area (TPSA) is 29.5 Å². The van der Waals surface area contributed by atoms with Gasteiger partial charge in [-0.3, -0.25) is 0 Å². The number of aliphatic hydroxyl groups is 1. The average molecular weight is 268 g/mol. The molecule has 0 saturated heterocycles. The van der Waals surface area contributed by atoms with Crippen LogP contribution < -0.4 is 4.74 Å². The Morgan fingerprint density at radius 1 is 1.10 bits per heavy atom. The molecular formula is C18H20O2. The Morgan fingerprint density at radius 2 is 1.90 bits per heavy atom. The normalized spacial score (nSPS) is 21.3. The number of methoxy groups -OCH3 is 1. The molecule has 0 spiro atoms. The van der Waals surface area contributed by atoms with Crippen molar-refractivity contribution in [1.29, 1.82) is 0 Å². The number of fused-ring (bicyclic) bond motifs is 1. The largest absolute Gasteiger partial charge is 0.497 e. The Hall–Kier alpha value is -1.80. The third-order valence-corrected chi connectivity index (χ3v) is 4.17. The highest BCUT2D eigenvalue weighted by Crippen LogP contribution is 2.33. The number of rotatable bonds is 3. The molecule has 1 atom stereocenters. The molecule has 3 rings (SSSR count). The van der Waals surface area contributed by atoms with E-state index in [2.05, 4.69) is 24.3 Å². The summed E-state index contributed by atoms with van der Waals surface area (Å²) in [5.74, 6) is 0.868. The van der Waals surface area contributed by atoms with Crippen molar-refractivity contribution in [1.82, 2.24) is 0 Å². The highest BCUT2D eigenvalue weighted by molar-refractivity contribution is 5.39. The van der Waals surface area contributed by atoms with Crippen LogP contribution in [0.5, 0.6) is 5.75 Å². The van der Waals surface area contributed by atoms with E-state index in [9.17, 15) is 5.11 Å². The van der Waals surface area contributed by atoms with E-state index in [4.69, 9.17) is 4.74 Å². The summed E-state index contributed by atoms with van der Waals surface area (Å²) in [5, 5.41) is 10.9. The van der Waals surface area contributed by atoms with Crippen molar-refractivity contribution in [3.8, 4) is 5.75 Å². The van der Waals surface area contributed by atoms with Crippen LogP contribution in [0.15, 0.2) is 48.5 Å². The van der Waals surface area contributed by atoms with Crippen LogP contribution >= 0.6 is 0 Å². The second-order valence-electron chi connectivity index (χ2n) is 5.70. The minimum atomic E-state index is -0.638. The Kier molecular flexibility index (Phi) is 3.49. The number of aryl methyl sites for hydroxylation is 1. The Bertz CT molecular complexity index is 592. The standard InChI is InChI=1S/C18H20O2/c1-20-17-8-7-15-9-10-18(19,13-16(15)11-17)12-14-5-3-2-4-6-14/h2-8,11,19H,9-10,12-13H2,1H3. The lowest BCUT2D eigenvalue weighted by Crippen LogP contribution is -2.38. The molecule has 1 aliphatic rings. The van der Waals surface area contributed by atoms with Crippen LogP contribution in [0.1, 0.15) is 23.1 Å². The van der Waals surface area contributed by atoms with Gasteiger partial charge in [-0.15, -0.1) is 0 Å². The fourth-order valence-corrected chi connectivity index (χ4v) is 3.07. The second-order valence-corrected chi connectivity index (χ2v) is 5.70. The van der Waals surface area contributed by atoms with Crippen molar-refractivity contribution < 1.29 is 9.84 Å². The van der Waals surface area contributed by atoms with E-state index in [1.54, 1.807) is 7.11 Å². The fraction of sp³-hybridized carbons (Fsp3) is 0.333. The first-order valence-corrected chi connectivity index (χ1v) is 7.11. The lowest BCUT2D eigenvalue weighted by molar-refractivity contribution is 0.0267. The molecule has 2 heteroatoms. The van der Waals surface area contributed by atoms with Gasteiger partial charge in [0.15, 0.2) is 0 Å². The maximum absolute atomic E-state index is 10.9. The molecule has 0 aromatic heterocycles. The molecule has 0 aliphatic heterocycles. The molecule has 104 valence electrons. The van der Waals surface area contributed by atoms with Crippen LogP contribution in [0.25, 0.3) is 0 Å². The van der Waals surface area contributed by atoms with Gasteiger partial charge in [0.2, 0.25) is 0 Å². The van der Waals surface area contributed by atoms with Crippen molar-refractivity contribution in [3.05, 3.63) is 65.2 Å². The van der Waals surface area contributed by atoms with Crippen molar-refractivity contribution in [3.63, 3.8) is 0 Å². The van der Waals surface area contributed by atoms with Gasteiger partial charge in [-0.25, -0.2) is 0 Å². The van der Waals surface area contributed by atoms with Crippen LogP contribution in [-0.4, -0.2) is 17.8 Å². The van der Waals surface area contributed by atoms with Gasteiger partial charge < -0.3 is 9.84 Å². The highest BCUT2D eigenvalue weighted by atomic mass is 16.5. The summed E-state index contributed by atoms with van der Waals surface area (Å²) in [6.45, 7) is 0. The minimum Gasteiger partial charge on any atom is -0.497 e. The molecule has 1 aliphatic carbocycles. The maximum atomic E-state index is 10.9. The molecule has 0 saturated carbocycles. The highest BCUT2D eigenvalue weighted by Gasteiger charge is 2.32. The third kappa shape index (κ3) is 2.70. The van der Waals surface area contributed by atoms with Gasteiger partial charge in [-0.1, -0.05) is 36.4 Å². The first-order valence-electron chi connectivity index (χ1n) is 7.11. The van der Waals surface area contributed by atoms with Crippen LogP contribution in [0.3, 0.4) is 0 Å². The molecule has 0 bridgehead atoms. The minimum absolute atomic E-state index is 0.638. The van der Waals surface area contributed by atoms with Crippen LogP contribution in [-0.2, 0) is 19.3 Å². The molecule has 1 unspecified atom stereocenters. The molecule has 20 heavy (non-hydrogen) atoms. The van der Waals surface area contributed by atoms with E-state index in [1.807, 2.05) is 24.3 Å². The summed E-state index contributed by atoms with van der Waals surface area (Å²) in [7, 11) is 1.68. The van der Waals surface area contributed by atoms with Gasteiger partial charge in [0.25, 0.3) is 0 Å². The molecule has 0 amide bonds. The lowest BCUT2D eigenvalue weighted by Gasteiger charge is -2.34. The number of hydrogen-bond acceptors (Lipinski definition) is 2. The zero-order valence-electron chi connectivity index (χ0n) is 11.8. The Labute approximate surface area is 120 Å². The smallest absolute Gasteiger partial charge is 0.119 e. The van der Waals surface area contributed by atoms with Crippen molar-refractivity contribution >= 4 is 0 Å². The Balaban J connectivity index is 1.83. The van der Waals surface area contributed by atoms with Crippen molar-refractivity contribution in [2.45, 2.75) is 31.3 Å². The second kappa shape index (κ2) is 5.29. The number of ether oxygens (including phenoxy) is 1. The molecule has 0 heterocycles. The van der Waals surface area contributed by atoms with Crippen LogP contribution in [0.4, 0.5) is 0 Å². The summed E-state index contributed by atoms with van der Waals surface area (Å²) in [4.78, 5) is 0. The molecule has 2 aromatic rings. The molecular weight excluding hydrogens is 248 g/mol. The summed E-state index contributed by atoms with van der Waals surface area (Å²) >= 11 is 0. The molecule has 0 fully saturated rings. The van der Waals surface area contributed by atoms with E-state index < -0.39 is 5.60 Å². The zero-order valence-corrected chi connectivity index (χ0v) is 11.8. The van der Waals surface area contributed by atoms with Gasteiger partial charge in [0.1, 0.15) is 5.75 Å². The summed E-state index contributed by atoms with van der Waals surface area (Å²) in [6, 6.07) is 16.4. The van der Waals surface area contributed by atoms with E-state index in [0.29, 0.717) is 12.8 Å². The van der Waals surface area contributed by atoms with E-state index in [0.717, 1.165) is 18.6 Å². The molecule has 1 N–H and O–H groups in total. The summed E-state index contributed by atoms with van der Waals surface area (Å²) < 4.78 is 5.29. The first-order chi connectivity index (χ1) is 9.68. The molecule has 2 nitrogen and oxygen atoms in total. The van der Waals surface area contributed by atoms with Gasteiger partial charge >= 0.3 is 0 Å². The Morgan fingerprint density at radius 3 is 2.65 bits per heavy atom. The average Bonchev–Trinajstić information content (AvgIpc) is 2.47. The van der Waals surface area contributed by atoms with Gasteiger partial charge in [0.05, 0.1) is 12.7 Å². The molecule has 2 aromatic carbocycles. The van der Waals surface area contributed by atoms with Crippen molar-refractivity contribution in [2.75, 3.05) is 7.11 Å². The van der Waals surface area contributed by atoms with Crippen LogP contribution in [0, 0.1) is 0 Å². The van der Waals surface area contributed by atoms with E-state index in [-0.39, 0.29) is 0 Å². The SMILES string of the molecule is COc1ccc2c(c1)CC(O)(Cc1ccccc1)CC2. The monoisotopic (exact) mass is 268 g/mol. The zero-order chi connectivity index (χ0) is 14.0. The molecule has 0 radical (unpaired) electrons. The van der Waals surface area contributed by atoms with Crippen LogP contribution in [0.2, 0.25) is 0 Å². The van der Waals surface area contributed by atoms with E-state index >= 15 is 0 Å². The fourth-order valence-electron chi connectivity index (χ4n) is 3.07. The van der Waals surface area contributed by atoms with Gasteiger partial charge in [-0.2, -0.15) is 0 Å². The predicted molar refractivity (Wildman–Crippen MR) is 80.1 cm³/mol. The summed E-state index contributed by atoms with van der Waals surface area (Å²) in [5.41, 5.74) is 3.11. The van der Waals surface area contributed by atoms with Crippen molar-refractivity contribution in [2.24, 2.45) is 0 Å². The quantitative estimate of drug-likeness (QED) is 0.926. The van der Waals surface area contributed by atoms with E-state index in [1.165, 1.54) is 16.7 Å². The van der Waals surface area contributed by atoms with Gasteiger partial charge in [-0.05, 0) is 41.7 Å². The van der Waals surface area contributed by atoms with Gasteiger partial charge in [0, 0.05) is 12.8 Å². The third-order valence-electron chi connectivity index (χ3n) is 4.17. The first kappa shape index (κ1) is 13.2. The number of hydrogen-bond donors (Lipinski definition) is 1. The lowest BCUT2D eigenvalue weighted by atomic mass is 9.77. The number of benzene rings is 2. The maximum Gasteiger partial charge on any atom is 0.119 e. The predicted octanol–water partition coefficient (Wildman–Crippen LogP) is 3.16. The summed E-state index contributed by atoms with van der Waals surface area (Å²) in [6.07, 6.45) is 3.17.